The van der Waals surface area contributed by atoms with Gasteiger partial charge in [-0.15, -0.1) is 0 Å². The van der Waals surface area contributed by atoms with E-state index in [9.17, 15) is 18.3 Å². The summed E-state index contributed by atoms with van der Waals surface area (Å²) in [6.07, 6.45) is 1.33. The summed E-state index contributed by atoms with van der Waals surface area (Å²) in [5, 5.41) is 12.9. The van der Waals surface area contributed by atoms with Gasteiger partial charge in [0.25, 0.3) is 5.91 Å². The Morgan fingerprint density at radius 1 is 1.20 bits per heavy atom. The number of hydrogen-bond acceptors (Lipinski definition) is 6. The van der Waals surface area contributed by atoms with Gasteiger partial charge in [0.1, 0.15) is 5.75 Å². The number of nitrogens with zero attached hydrogens (tertiary/aromatic N) is 1. The molecule has 1 aliphatic rings. The van der Waals surface area contributed by atoms with Crippen molar-refractivity contribution in [2.45, 2.75) is 19.1 Å². The summed E-state index contributed by atoms with van der Waals surface area (Å²) in [5.41, 5.74) is 2.99. The molecule has 3 rings (SSSR count). The van der Waals surface area contributed by atoms with Gasteiger partial charge in [0.05, 0.1) is 18.0 Å². The Hall–Kier alpha value is -2.62. The van der Waals surface area contributed by atoms with Gasteiger partial charge in [0.15, 0.2) is 6.61 Å². The molecule has 0 radical (unpaired) electrons. The van der Waals surface area contributed by atoms with E-state index < -0.39 is 16.1 Å². The predicted octanol–water partition coefficient (Wildman–Crippen LogP) is 0.972. The molecular formula is C21H27N3O5S. The maximum Gasteiger partial charge on any atom is 0.258 e. The third-order valence-electron chi connectivity index (χ3n) is 4.72. The fourth-order valence-corrected chi connectivity index (χ4v) is 3.92. The van der Waals surface area contributed by atoms with Gasteiger partial charge in [-0.2, -0.15) is 0 Å². The summed E-state index contributed by atoms with van der Waals surface area (Å²) in [7, 11) is -3.39. The highest BCUT2D eigenvalue weighted by molar-refractivity contribution is 7.92. The second-order valence-electron chi connectivity index (χ2n) is 7.40. The minimum absolute atomic E-state index is 0.135. The van der Waals surface area contributed by atoms with Gasteiger partial charge in [-0.25, -0.2) is 8.42 Å². The molecule has 1 atom stereocenters. The van der Waals surface area contributed by atoms with E-state index in [2.05, 4.69) is 27.1 Å². The molecule has 2 aromatic carbocycles. The van der Waals surface area contributed by atoms with Crippen molar-refractivity contribution >= 4 is 21.6 Å². The van der Waals surface area contributed by atoms with Crippen LogP contribution in [0.15, 0.2) is 48.5 Å². The van der Waals surface area contributed by atoms with Crippen molar-refractivity contribution in [3.05, 3.63) is 59.7 Å². The third-order valence-corrected chi connectivity index (χ3v) is 5.33. The molecule has 1 unspecified atom stereocenters. The van der Waals surface area contributed by atoms with Crippen molar-refractivity contribution in [1.29, 1.82) is 0 Å². The van der Waals surface area contributed by atoms with Crippen LogP contribution < -0.4 is 14.8 Å². The van der Waals surface area contributed by atoms with Crippen LogP contribution in [0.25, 0.3) is 0 Å². The molecule has 0 saturated carbocycles. The predicted molar refractivity (Wildman–Crippen MR) is 115 cm³/mol. The summed E-state index contributed by atoms with van der Waals surface area (Å²) >= 11 is 0. The zero-order valence-electron chi connectivity index (χ0n) is 16.9. The molecule has 0 fully saturated rings. The number of carbonyl (C=O) groups excluding carboxylic acids is 1. The number of fused-ring (bicyclic) bond motifs is 1. The van der Waals surface area contributed by atoms with Crippen LogP contribution in [-0.4, -0.2) is 62.9 Å². The van der Waals surface area contributed by atoms with Gasteiger partial charge in [-0.1, -0.05) is 30.3 Å². The highest BCUT2D eigenvalue weighted by Gasteiger charge is 2.18. The van der Waals surface area contributed by atoms with Crippen molar-refractivity contribution in [3.63, 3.8) is 0 Å². The number of carbonyl (C=O) groups is 1. The molecule has 9 heteroatoms. The van der Waals surface area contributed by atoms with Crippen molar-refractivity contribution in [1.82, 2.24) is 10.2 Å². The van der Waals surface area contributed by atoms with Crippen LogP contribution >= 0.6 is 0 Å². The normalized spacial score (nSPS) is 15.1. The lowest BCUT2D eigenvalue weighted by atomic mass is 10.00. The Balaban J connectivity index is 1.39. The molecular weight excluding hydrogens is 406 g/mol. The lowest BCUT2D eigenvalue weighted by Gasteiger charge is -2.30. The van der Waals surface area contributed by atoms with E-state index in [-0.39, 0.29) is 19.1 Å². The van der Waals surface area contributed by atoms with E-state index in [1.54, 1.807) is 18.2 Å². The van der Waals surface area contributed by atoms with Crippen LogP contribution in [0.4, 0.5) is 5.69 Å². The molecule has 0 spiro atoms. The second-order valence-corrected chi connectivity index (χ2v) is 9.15. The number of rotatable bonds is 9. The van der Waals surface area contributed by atoms with E-state index >= 15 is 0 Å². The largest absolute Gasteiger partial charge is 0.484 e. The number of nitrogens with one attached hydrogen (secondary N) is 2. The number of aliphatic hydroxyl groups excluding tert-OH is 1. The van der Waals surface area contributed by atoms with Crippen LogP contribution in [0.2, 0.25) is 0 Å². The lowest BCUT2D eigenvalue weighted by Crippen LogP contribution is -2.42. The average Bonchev–Trinajstić information content (AvgIpc) is 2.69. The van der Waals surface area contributed by atoms with E-state index in [0.29, 0.717) is 18.0 Å². The molecule has 1 heterocycles. The van der Waals surface area contributed by atoms with Crippen LogP contribution in [0, 0.1) is 0 Å². The van der Waals surface area contributed by atoms with Gasteiger partial charge in [0.2, 0.25) is 10.0 Å². The molecule has 0 bridgehead atoms. The van der Waals surface area contributed by atoms with E-state index in [1.165, 1.54) is 17.2 Å². The van der Waals surface area contributed by atoms with Crippen molar-refractivity contribution in [3.8, 4) is 5.75 Å². The first kappa shape index (κ1) is 22.1. The molecule has 30 heavy (non-hydrogen) atoms. The molecule has 0 aliphatic carbocycles. The topological polar surface area (TPSA) is 108 Å². The molecule has 8 nitrogen and oxygen atoms in total. The highest BCUT2D eigenvalue weighted by Crippen LogP contribution is 2.19. The smallest absolute Gasteiger partial charge is 0.258 e. The second kappa shape index (κ2) is 9.92. The number of benzene rings is 2. The first-order valence-corrected chi connectivity index (χ1v) is 11.6. The maximum atomic E-state index is 12.0. The third kappa shape index (κ3) is 7.01. The summed E-state index contributed by atoms with van der Waals surface area (Å²) < 4.78 is 30.3. The zero-order valence-corrected chi connectivity index (χ0v) is 17.7. The molecule has 162 valence electrons. The van der Waals surface area contributed by atoms with E-state index in [0.717, 1.165) is 25.8 Å². The zero-order chi connectivity index (χ0) is 21.6. The minimum atomic E-state index is -3.39. The molecule has 1 amide bonds. The van der Waals surface area contributed by atoms with Gasteiger partial charge in [0, 0.05) is 32.2 Å². The van der Waals surface area contributed by atoms with Crippen molar-refractivity contribution in [2.24, 2.45) is 0 Å². The van der Waals surface area contributed by atoms with E-state index in [1.807, 2.05) is 12.1 Å². The molecule has 3 N–H and O–H groups in total. The highest BCUT2D eigenvalue weighted by atomic mass is 32.2. The van der Waals surface area contributed by atoms with E-state index in [4.69, 9.17) is 4.74 Å². The first-order chi connectivity index (χ1) is 14.3. The number of amides is 1. The number of anilines is 1. The fraction of sp³-hybridized carbons (Fsp3) is 0.381. The minimum Gasteiger partial charge on any atom is -0.484 e. The van der Waals surface area contributed by atoms with Gasteiger partial charge >= 0.3 is 0 Å². The maximum absolute atomic E-state index is 12.0. The lowest BCUT2D eigenvalue weighted by molar-refractivity contribution is -0.123. The van der Waals surface area contributed by atoms with Crippen molar-refractivity contribution in [2.75, 3.05) is 37.2 Å². The van der Waals surface area contributed by atoms with Crippen LogP contribution in [0.5, 0.6) is 5.75 Å². The molecule has 0 saturated heterocycles. The molecule has 1 aliphatic heterocycles. The number of ether oxygens (including phenoxy) is 1. The number of β-amino-alcohol motifs (C(OH)–C–C–N with tert-alkyl or cyclic N) is 1. The Morgan fingerprint density at radius 2 is 1.97 bits per heavy atom. The van der Waals surface area contributed by atoms with Crippen LogP contribution in [0.3, 0.4) is 0 Å². The first-order valence-electron chi connectivity index (χ1n) is 9.73. The summed E-state index contributed by atoms with van der Waals surface area (Å²) in [5.74, 6) is 0.00541. The number of aliphatic hydroxyl groups is 1. The van der Waals surface area contributed by atoms with Gasteiger partial charge < -0.3 is 15.2 Å². The van der Waals surface area contributed by atoms with Gasteiger partial charge in [-0.05, 0) is 29.7 Å². The summed E-state index contributed by atoms with van der Waals surface area (Å²) in [4.78, 5) is 14.2. The van der Waals surface area contributed by atoms with Crippen LogP contribution in [0.1, 0.15) is 11.1 Å². The molecule has 2 aromatic rings. The standard InChI is InChI=1S/C21H27N3O5S/c1-30(27,28)23-18-7-4-8-20(11-18)29-15-21(26)22-12-19(25)14-24-10-9-16-5-2-3-6-17(16)13-24/h2-8,11,19,23,25H,9-10,12-15H2,1H3,(H,22,26). The Labute approximate surface area is 176 Å². The number of hydrogen-bond donors (Lipinski definition) is 3. The Bertz CT molecular complexity index is 980. The fourth-order valence-electron chi connectivity index (χ4n) is 3.37. The van der Waals surface area contributed by atoms with Crippen LogP contribution in [-0.2, 0) is 27.8 Å². The number of sulfonamides is 1. The SMILES string of the molecule is CS(=O)(=O)Nc1cccc(OCC(=O)NCC(O)CN2CCc3ccccc3C2)c1. The monoisotopic (exact) mass is 433 g/mol. The van der Waals surface area contributed by atoms with Crippen molar-refractivity contribution < 1.29 is 23.1 Å². The Kier molecular flexibility index (Phi) is 7.30. The van der Waals surface area contributed by atoms with Gasteiger partial charge in [-0.3, -0.25) is 14.4 Å². The summed E-state index contributed by atoms with van der Waals surface area (Å²) in [6.45, 7) is 2.06. The molecule has 0 aromatic heterocycles. The average molecular weight is 434 g/mol. The Morgan fingerprint density at radius 3 is 2.73 bits per heavy atom. The summed E-state index contributed by atoms with van der Waals surface area (Å²) in [6, 6.07) is 14.6. The quantitative estimate of drug-likeness (QED) is 0.544.